The summed E-state index contributed by atoms with van der Waals surface area (Å²) in [5.74, 6) is 2.36. The average molecular weight is 378 g/mol. The highest BCUT2D eigenvalue weighted by Crippen LogP contribution is 2.22. The van der Waals surface area contributed by atoms with E-state index in [1.807, 2.05) is 21.6 Å². The largest absolute Gasteiger partial charge is 0.378 e. The summed E-state index contributed by atoms with van der Waals surface area (Å²) in [4.78, 5) is 29.3. The zero-order valence-corrected chi connectivity index (χ0v) is 15.7. The van der Waals surface area contributed by atoms with Crippen molar-refractivity contribution in [3.05, 3.63) is 0 Å². The fraction of sp³-hybridized carbons (Fsp3) is 0.875. The average Bonchev–Trinajstić information content (AvgIpc) is 2.62. The van der Waals surface area contributed by atoms with Gasteiger partial charge in [0.1, 0.15) is 6.04 Å². The van der Waals surface area contributed by atoms with Crippen molar-refractivity contribution in [2.75, 3.05) is 50.9 Å². The second-order valence-corrected chi connectivity index (χ2v) is 7.62. The van der Waals surface area contributed by atoms with Crippen LogP contribution >= 0.6 is 24.2 Å². The molecule has 0 bridgehead atoms. The maximum absolute atomic E-state index is 12.8. The van der Waals surface area contributed by atoms with Crippen molar-refractivity contribution in [3.63, 3.8) is 0 Å². The van der Waals surface area contributed by atoms with E-state index in [2.05, 4.69) is 5.32 Å². The first kappa shape index (κ1) is 19.8. The molecule has 0 aromatic rings. The lowest BCUT2D eigenvalue weighted by Crippen LogP contribution is -2.56. The Morgan fingerprint density at radius 2 is 1.96 bits per heavy atom. The normalized spacial score (nSPS) is 28.2. The molecule has 24 heavy (non-hydrogen) atoms. The van der Waals surface area contributed by atoms with Gasteiger partial charge in [-0.05, 0) is 19.3 Å². The lowest BCUT2D eigenvalue weighted by Gasteiger charge is -2.39. The van der Waals surface area contributed by atoms with Crippen molar-refractivity contribution in [2.45, 2.75) is 37.8 Å². The van der Waals surface area contributed by atoms with Crippen molar-refractivity contribution in [3.8, 4) is 0 Å². The summed E-state index contributed by atoms with van der Waals surface area (Å²) >= 11 is 1.90. The van der Waals surface area contributed by atoms with E-state index < -0.39 is 0 Å². The Kier molecular flexibility index (Phi) is 8.13. The molecule has 0 aliphatic carbocycles. The third-order valence-corrected chi connectivity index (χ3v) is 5.98. The molecule has 0 radical (unpaired) electrons. The molecule has 3 aliphatic heterocycles. The number of halogens is 1. The molecule has 2 unspecified atom stereocenters. The fourth-order valence-electron chi connectivity index (χ4n) is 3.56. The molecule has 3 fully saturated rings. The number of hydrogen-bond donors (Lipinski definition) is 1. The topological polar surface area (TPSA) is 61.9 Å². The van der Waals surface area contributed by atoms with Crippen molar-refractivity contribution in [1.29, 1.82) is 0 Å². The van der Waals surface area contributed by atoms with Gasteiger partial charge in [-0.25, -0.2) is 0 Å². The van der Waals surface area contributed by atoms with Crippen LogP contribution in [-0.4, -0.2) is 84.6 Å². The standard InChI is InChI=1S/C16H27N3O3S.ClH/c20-15(11-13-12-23-10-4-17-13)19-5-2-1-3-14(19)16(21)18-6-8-22-9-7-18;/h13-14,17H,1-12H2;1H. The van der Waals surface area contributed by atoms with Crippen LogP contribution in [0, 0.1) is 0 Å². The molecule has 2 atom stereocenters. The van der Waals surface area contributed by atoms with Crippen LogP contribution in [0.2, 0.25) is 0 Å². The van der Waals surface area contributed by atoms with Crippen LogP contribution in [0.15, 0.2) is 0 Å². The first-order chi connectivity index (χ1) is 11.3. The first-order valence-electron chi connectivity index (χ1n) is 8.73. The van der Waals surface area contributed by atoms with Crippen molar-refractivity contribution < 1.29 is 14.3 Å². The summed E-state index contributed by atoms with van der Waals surface area (Å²) < 4.78 is 5.33. The number of nitrogens with zero attached hydrogens (tertiary/aromatic N) is 2. The number of amides is 2. The van der Waals surface area contributed by atoms with Gasteiger partial charge in [0.2, 0.25) is 11.8 Å². The van der Waals surface area contributed by atoms with Gasteiger partial charge in [-0.15, -0.1) is 12.4 Å². The van der Waals surface area contributed by atoms with Crippen LogP contribution < -0.4 is 5.32 Å². The smallest absolute Gasteiger partial charge is 0.245 e. The Bertz CT molecular complexity index is 429. The minimum atomic E-state index is -0.259. The van der Waals surface area contributed by atoms with Crippen LogP contribution in [0.25, 0.3) is 0 Å². The number of nitrogens with one attached hydrogen (secondary N) is 1. The number of rotatable bonds is 3. The molecule has 0 aromatic carbocycles. The van der Waals surface area contributed by atoms with Crippen molar-refractivity contribution >= 4 is 36.0 Å². The number of carbonyl (C=O) groups is 2. The summed E-state index contributed by atoms with van der Waals surface area (Å²) in [7, 11) is 0. The zero-order valence-electron chi connectivity index (χ0n) is 14.1. The highest BCUT2D eigenvalue weighted by atomic mass is 35.5. The van der Waals surface area contributed by atoms with E-state index in [1.54, 1.807) is 0 Å². The molecule has 8 heteroatoms. The predicted octanol–water partition coefficient (Wildman–Crippen LogP) is 0.743. The van der Waals surface area contributed by atoms with Gasteiger partial charge in [-0.3, -0.25) is 9.59 Å². The molecule has 1 N–H and O–H groups in total. The molecular weight excluding hydrogens is 350 g/mol. The third kappa shape index (κ3) is 5.00. The van der Waals surface area contributed by atoms with E-state index in [0.717, 1.165) is 43.9 Å². The second-order valence-electron chi connectivity index (χ2n) is 6.47. The third-order valence-electron chi connectivity index (χ3n) is 4.85. The minimum Gasteiger partial charge on any atom is -0.378 e. The van der Waals surface area contributed by atoms with E-state index in [9.17, 15) is 9.59 Å². The van der Waals surface area contributed by atoms with Crippen LogP contribution in [0.3, 0.4) is 0 Å². The number of carbonyl (C=O) groups excluding carboxylic acids is 2. The Balaban J connectivity index is 0.00000208. The maximum atomic E-state index is 12.8. The number of morpholine rings is 1. The van der Waals surface area contributed by atoms with Gasteiger partial charge in [0, 0.05) is 50.1 Å². The molecule has 0 spiro atoms. The SMILES string of the molecule is Cl.O=C(C1CCCCN1C(=O)CC1CSCCN1)N1CCOCC1. The molecule has 2 amide bonds. The quantitative estimate of drug-likeness (QED) is 0.786. The molecular formula is C16H28ClN3O3S. The van der Waals surface area contributed by atoms with E-state index in [4.69, 9.17) is 4.74 Å². The van der Waals surface area contributed by atoms with Gasteiger partial charge >= 0.3 is 0 Å². The zero-order chi connectivity index (χ0) is 16.1. The van der Waals surface area contributed by atoms with Crippen molar-refractivity contribution in [1.82, 2.24) is 15.1 Å². The first-order valence-corrected chi connectivity index (χ1v) is 9.88. The van der Waals surface area contributed by atoms with E-state index in [0.29, 0.717) is 32.7 Å². The number of hydrogen-bond acceptors (Lipinski definition) is 5. The predicted molar refractivity (Wildman–Crippen MR) is 97.7 cm³/mol. The van der Waals surface area contributed by atoms with Crippen molar-refractivity contribution in [2.24, 2.45) is 0 Å². The number of ether oxygens (including phenoxy) is 1. The molecule has 3 rings (SSSR count). The highest BCUT2D eigenvalue weighted by Gasteiger charge is 2.35. The van der Waals surface area contributed by atoms with E-state index >= 15 is 0 Å². The van der Waals surface area contributed by atoms with Gasteiger partial charge in [-0.1, -0.05) is 0 Å². The minimum absolute atomic E-state index is 0. The Labute approximate surface area is 154 Å². The molecule has 3 saturated heterocycles. The number of thioether (sulfide) groups is 1. The van der Waals surface area contributed by atoms with E-state index in [1.165, 1.54) is 0 Å². The summed E-state index contributed by atoms with van der Waals surface area (Å²) in [6, 6.07) is -0.00657. The summed E-state index contributed by atoms with van der Waals surface area (Å²) in [6.45, 7) is 4.21. The van der Waals surface area contributed by atoms with Crippen LogP contribution in [0.5, 0.6) is 0 Å². The Morgan fingerprint density at radius 1 is 1.17 bits per heavy atom. The maximum Gasteiger partial charge on any atom is 0.245 e. The number of piperidine rings is 1. The van der Waals surface area contributed by atoms with Crippen LogP contribution in [-0.2, 0) is 14.3 Å². The molecule has 3 heterocycles. The van der Waals surface area contributed by atoms with Crippen LogP contribution in [0.1, 0.15) is 25.7 Å². The van der Waals surface area contributed by atoms with E-state index in [-0.39, 0.29) is 36.3 Å². The lowest BCUT2D eigenvalue weighted by atomic mass is 9.99. The van der Waals surface area contributed by atoms with Gasteiger partial charge < -0.3 is 19.9 Å². The van der Waals surface area contributed by atoms with Gasteiger partial charge in [0.15, 0.2) is 0 Å². The highest BCUT2D eigenvalue weighted by molar-refractivity contribution is 7.99. The van der Waals surface area contributed by atoms with Gasteiger partial charge in [0.25, 0.3) is 0 Å². The Hall–Kier alpha value is -0.500. The molecule has 6 nitrogen and oxygen atoms in total. The molecule has 3 aliphatic rings. The molecule has 138 valence electrons. The Morgan fingerprint density at radius 3 is 2.67 bits per heavy atom. The second kappa shape index (κ2) is 9.85. The van der Waals surface area contributed by atoms with Gasteiger partial charge in [-0.2, -0.15) is 11.8 Å². The summed E-state index contributed by atoms with van der Waals surface area (Å²) in [6.07, 6.45) is 3.35. The summed E-state index contributed by atoms with van der Waals surface area (Å²) in [5.41, 5.74) is 0. The fourth-order valence-corrected chi connectivity index (χ4v) is 4.51. The summed E-state index contributed by atoms with van der Waals surface area (Å²) in [5, 5.41) is 3.42. The monoisotopic (exact) mass is 377 g/mol. The lowest BCUT2D eigenvalue weighted by molar-refractivity contribution is -0.150. The number of likely N-dealkylation sites (tertiary alicyclic amines) is 1. The molecule has 0 saturated carbocycles. The van der Waals surface area contributed by atoms with Crippen LogP contribution in [0.4, 0.5) is 0 Å². The molecule has 0 aromatic heterocycles. The van der Waals surface area contributed by atoms with Gasteiger partial charge in [0.05, 0.1) is 13.2 Å².